The SMILES string of the molecule is Nc1cc(Nc2ccccc2Cl)nc(C(=O)NC2Cc3ccccc3C2)c1. The van der Waals surface area contributed by atoms with Crippen LogP contribution >= 0.6 is 11.6 Å². The van der Waals surface area contributed by atoms with E-state index in [1.807, 2.05) is 30.3 Å². The van der Waals surface area contributed by atoms with E-state index < -0.39 is 0 Å². The summed E-state index contributed by atoms with van der Waals surface area (Å²) in [5.74, 6) is 0.241. The molecule has 6 heteroatoms. The van der Waals surface area contributed by atoms with Crippen LogP contribution < -0.4 is 16.4 Å². The number of aromatic nitrogens is 1. The third-order valence-electron chi connectivity index (χ3n) is 4.60. The highest BCUT2D eigenvalue weighted by Gasteiger charge is 2.23. The number of pyridine rings is 1. The molecule has 3 aromatic rings. The molecule has 0 unspecified atom stereocenters. The van der Waals surface area contributed by atoms with Gasteiger partial charge in [-0.2, -0.15) is 0 Å². The van der Waals surface area contributed by atoms with E-state index in [9.17, 15) is 4.79 Å². The van der Waals surface area contributed by atoms with Gasteiger partial charge >= 0.3 is 0 Å². The van der Waals surface area contributed by atoms with Gasteiger partial charge in [-0.3, -0.25) is 4.79 Å². The Morgan fingerprint density at radius 2 is 1.70 bits per heavy atom. The van der Waals surface area contributed by atoms with Crippen LogP contribution in [0.15, 0.2) is 60.7 Å². The Hall–Kier alpha value is -3.05. The zero-order valence-electron chi connectivity index (χ0n) is 14.6. The minimum absolute atomic E-state index is 0.0677. The van der Waals surface area contributed by atoms with Crippen molar-refractivity contribution in [2.75, 3.05) is 11.1 Å². The van der Waals surface area contributed by atoms with E-state index in [0.717, 1.165) is 12.8 Å². The number of fused-ring (bicyclic) bond motifs is 1. The first kappa shape index (κ1) is 17.4. The lowest BCUT2D eigenvalue weighted by Gasteiger charge is -2.13. The van der Waals surface area contributed by atoms with Crippen LogP contribution in [0.25, 0.3) is 0 Å². The molecular weight excluding hydrogens is 360 g/mol. The first-order valence-corrected chi connectivity index (χ1v) is 9.13. The van der Waals surface area contributed by atoms with E-state index in [-0.39, 0.29) is 17.6 Å². The average molecular weight is 379 g/mol. The lowest BCUT2D eigenvalue weighted by atomic mass is 10.1. The molecule has 0 saturated carbocycles. The monoisotopic (exact) mass is 378 g/mol. The van der Waals surface area contributed by atoms with Gasteiger partial charge in [-0.25, -0.2) is 4.98 Å². The summed E-state index contributed by atoms with van der Waals surface area (Å²) in [6.07, 6.45) is 1.66. The smallest absolute Gasteiger partial charge is 0.270 e. The molecule has 0 spiro atoms. The van der Waals surface area contributed by atoms with Gasteiger partial charge in [0.05, 0.1) is 10.7 Å². The van der Waals surface area contributed by atoms with Crippen LogP contribution in [-0.2, 0) is 12.8 Å². The minimum atomic E-state index is -0.234. The molecule has 1 aliphatic carbocycles. The van der Waals surface area contributed by atoms with E-state index in [1.54, 1.807) is 18.2 Å². The summed E-state index contributed by atoms with van der Waals surface area (Å²) in [5.41, 5.74) is 9.98. The minimum Gasteiger partial charge on any atom is -0.399 e. The number of para-hydroxylation sites is 1. The molecule has 0 aliphatic heterocycles. The molecule has 4 N–H and O–H groups in total. The van der Waals surface area contributed by atoms with Crippen LogP contribution in [0, 0.1) is 0 Å². The Morgan fingerprint density at radius 1 is 1.04 bits per heavy atom. The Morgan fingerprint density at radius 3 is 2.41 bits per heavy atom. The number of carbonyl (C=O) groups excluding carboxylic acids is 1. The largest absolute Gasteiger partial charge is 0.399 e. The van der Waals surface area contributed by atoms with E-state index in [2.05, 4.69) is 27.8 Å². The molecule has 1 heterocycles. The van der Waals surface area contributed by atoms with Gasteiger partial charge in [0.2, 0.25) is 0 Å². The Kier molecular flexibility index (Phi) is 4.69. The molecule has 0 atom stereocenters. The van der Waals surface area contributed by atoms with Crippen molar-refractivity contribution in [2.24, 2.45) is 0 Å². The van der Waals surface area contributed by atoms with Crippen molar-refractivity contribution in [1.29, 1.82) is 0 Å². The number of benzene rings is 2. The van der Waals surface area contributed by atoms with E-state index in [1.165, 1.54) is 11.1 Å². The highest BCUT2D eigenvalue weighted by atomic mass is 35.5. The number of amides is 1. The second kappa shape index (κ2) is 7.29. The molecular formula is C21H19ClN4O. The average Bonchev–Trinajstić information content (AvgIpc) is 3.05. The van der Waals surface area contributed by atoms with Crippen LogP contribution in [0.5, 0.6) is 0 Å². The number of anilines is 3. The third-order valence-corrected chi connectivity index (χ3v) is 4.93. The molecule has 1 aliphatic rings. The second-order valence-electron chi connectivity index (χ2n) is 6.62. The fourth-order valence-corrected chi connectivity index (χ4v) is 3.54. The van der Waals surface area contributed by atoms with Crippen LogP contribution in [0.1, 0.15) is 21.6 Å². The topological polar surface area (TPSA) is 80.0 Å². The van der Waals surface area contributed by atoms with Crippen molar-refractivity contribution >= 4 is 34.7 Å². The van der Waals surface area contributed by atoms with E-state index in [4.69, 9.17) is 17.3 Å². The number of nitrogens with one attached hydrogen (secondary N) is 2. The first-order valence-electron chi connectivity index (χ1n) is 8.75. The van der Waals surface area contributed by atoms with Crippen molar-refractivity contribution in [3.63, 3.8) is 0 Å². The maximum absolute atomic E-state index is 12.7. The zero-order chi connectivity index (χ0) is 18.8. The fraction of sp³-hybridized carbons (Fsp3) is 0.143. The summed E-state index contributed by atoms with van der Waals surface area (Å²) in [7, 11) is 0. The quantitative estimate of drug-likeness (QED) is 0.642. The molecule has 0 radical (unpaired) electrons. The zero-order valence-corrected chi connectivity index (χ0v) is 15.3. The van der Waals surface area contributed by atoms with Gasteiger partial charge in [-0.15, -0.1) is 0 Å². The van der Waals surface area contributed by atoms with Crippen LogP contribution in [0.3, 0.4) is 0 Å². The van der Waals surface area contributed by atoms with Gasteiger partial charge < -0.3 is 16.4 Å². The normalized spacial score (nSPS) is 13.2. The molecule has 136 valence electrons. The number of rotatable bonds is 4. The lowest BCUT2D eigenvalue weighted by molar-refractivity contribution is 0.0933. The molecule has 1 aromatic heterocycles. The Balaban J connectivity index is 1.50. The maximum atomic E-state index is 12.7. The molecule has 0 bridgehead atoms. The van der Waals surface area contributed by atoms with Crippen molar-refractivity contribution < 1.29 is 4.79 Å². The fourth-order valence-electron chi connectivity index (χ4n) is 3.35. The summed E-state index contributed by atoms with van der Waals surface area (Å²) in [6.45, 7) is 0. The number of carbonyl (C=O) groups is 1. The highest BCUT2D eigenvalue weighted by molar-refractivity contribution is 6.33. The number of nitrogen functional groups attached to an aromatic ring is 1. The molecule has 2 aromatic carbocycles. The number of hydrogen-bond acceptors (Lipinski definition) is 4. The summed E-state index contributed by atoms with van der Waals surface area (Å²) in [4.78, 5) is 17.1. The third kappa shape index (κ3) is 3.88. The summed E-state index contributed by atoms with van der Waals surface area (Å²) < 4.78 is 0. The second-order valence-corrected chi connectivity index (χ2v) is 7.03. The molecule has 27 heavy (non-hydrogen) atoms. The number of nitrogens with two attached hydrogens (primary N) is 1. The number of nitrogens with zero attached hydrogens (tertiary/aromatic N) is 1. The standard InChI is InChI=1S/C21H19ClN4O/c22-17-7-3-4-8-18(17)25-20-12-15(23)11-19(26-20)21(27)24-16-9-13-5-1-2-6-14(13)10-16/h1-8,11-12,16H,9-10H2,(H,24,27)(H3,23,25,26). The van der Waals surface area contributed by atoms with E-state index >= 15 is 0 Å². The molecule has 5 nitrogen and oxygen atoms in total. The predicted molar refractivity (Wildman–Crippen MR) is 108 cm³/mol. The lowest BCUT2D eigenvalue weighted by Crippen LogP contribution is -2.35. The molecule has 0 fully saturated rings. The van der Waals surface area contributed by atoms with Gasteiger partial charge in [0, 0.05) is 17.8 Å². The van der Waals surface area contributed by atoms with Gasteiger partial charge in [-0.05, 0) is 42.2 Å². The Bertz CT molecular complexity index is 980. The summed E-state index contributed by atoms with van der Waals surface area (Å²) in [6, 6.07) is 18.9. The van der Waals surface area contributed by atoms with Crippen molar-refractivity contribution in [1.82, 2.24) is 10.3 Å². The highest BCUT2D eigenvalue weighted by Crippen LogP contribution is 2.25. The van der Waals surface area contributed by atoms with Gasteiger partial charge in [-0.1, -0.05) is 48.0 Å². The maximum Gasteiger partial charge on any atom is 0.270 e. The van der Waals surface area contributed by atoms with Crippen LogP contribution in [0.2, 0.25) is 5.02 Å². The molecule has 1 amide bonds. The molecule has 4 rings (SSSR count). The van der Waals surface area contributed by atoms with Crippen molar-refractivity contribution in [3.8, 4) is 0 Å². The van der Waals surface area contributed by atoms with Gasteiger partial charge in [0.1, 0.15) is 11.5 Å². The predicted octanol–water partition coefficient (Wildman–Crippen LogP) is 3.96. The number of hydrogen-bond donors (Lipinski definition) is 3. The van der Waals surface area contributed by atoms with Crippen molar-refractivity contribution in [2.45, 2.75) is 18.9 Å². The molecule has 0 saturated heterocycles. The van der Waals surface area contributed by atoms with Crippen molar-refractivity contribution in [3.05, 3.63) is 82.5 Å². The summed E-state index contributed by atoms with van der Waals surface area (Å²) in [5, 5.41) is 6.74. The van der Waals surface area contributed by atoms with Crippen LogP contribution in [-0.4, -0.2) is 16.9 Å². The van der Waals surface area contributed by atoms with Gasteiger partial charge in [0.15, 0.2) is 0 Å². The van der Waals surface area contributed by atoms with Crippen LogP contribution in [0.4, 0.5) is 17.2 Å². The Labute approximate surface area is 162 Å². The number of halogens is 1. The summed E-state index contributed by atoms with van der Waals surface area (Å²) >= 11 is 6.17. The first-order chi connectivity index (χ1) is 13.1. The van der Waals surface area contributed by atoms with E-state index in [0.29, 0.717) is 22.2 Å². The van der Waals surface area contributed by atoms with Gasteiger partial charge in [0.25, 0.3) is 5.91 Å².